The quantitative estimate of drug-likeness (QED) is 0.684. The van der Waals surface area contributed by atoms with Crippen LogP contribution >= 0.6 is 23.6 Å². The van der Waals surface area contributed by atoms with E-state index in [0.717, 1.165) is 15.6 Å². The maximum atomic E-state index is 11.7. The van der Waals surface area contributed by atoms with Crippen LogP contribution in [0.5, 0.6) is 0 Å². The van der Waals surface area contributed by atoms with Crippen molar-refractivity contribution in [3.63, 3.8) is 0 Å². The first-order valence-electron chi connectivity index (χ1n) is 6.77. The molecule has 0 bridgehead atoms. The molecule has 21 heavy (non-hydrogen) atoms. The number of carbonyl (C=O) groups excluding carboxylic acids is 1. The van der Waals surface area contributed by atoms with E-state index in [1.165, 1.54) is 0 Å². The molecule has 6 nitrogen and oxygen atoms in total. The number of H-pyrrole nitrogens is 1. The molecule has 2 heterocycles. The van der Waals surface area contributed by atoms with E-state index >= 15 is 0 Å². The van der Waals surface area contributed by atoms with Gasteiger partial charge in [-0.25, -0.2) is 4.68 Å². The van der Waals surface area contributed by atoms with Crippen LogP contribution < -0.4 is 10.2 Å². The molecule has 0 aliphatic heterocycles. The number of likely N-dealkylation sites (N-methyl/N-ethyl adjacent to an activating group) is 1. The van der Waals surface area contributed by atoms with Crippen molar-refractivity contribution < 1.29 is 9.69 Å². The fourth-order valence-corrected chi connectivity index (χ4v) is 2.83. The fraction of sp³-hybridized carbons (Fsp3) is 0.462. The van der Waals surface area contributed by atoms with E-state index < -0.39 is 0 Å². The standard InChI is InChI=1S/C13H19N5OS2/c1-9(2)14-11(19)7-17(3)8-18-13(20)15-12(16-18)10-5-4-6-21-10/h4-6,9H,7-8H2,1-3H3,(H,14,19)(H,15,16,20)/p+1. The second-order valence-electron chi connectivity index (χ2n) is 5.27. The lowest BCUT2D eigenvalue weighted by Crippen LogP contribution is -3.09. The van der Waals surface area contributed by atoms with Crippen LogP contribution in [0.3, 0.4) is 0 Å². The third kappa shape index (κ3) is 4.48. The Balaban J connectivity index is 2.00. The molecule has 0 saturated heterocycles. The van der Waals surface area contributed by atoms with E-state index in [4.69, 9.17) is 12.2 Å². The Kier molecular flexibility index (Phi) is 5.27. The molecule has 0 fully saturated rings. The number of aromatic amines is 1. The van der Waals surface area contributed by atoms with E-state index in [1.54, 1.807) is 16.0 Å². The number of nitrogens with zero attached hydrogens (tertiary/aromatic N) is 2. The molecule has 0 saturated carbocycles. The van der Waals surface area contributed by atoms with Crippen LogP contribution in [0.2, 0.25) is 0 Å². The minimum absolute atomic E-state index is 0.0343. The van der Waals surface area contributed by atoms with Crippen molar-refractivity contribution in [3.8, 4) is 10.7 Å². The molecular weight excluding hydrogens is 306 g/mol. The second-order valence-corrected chi connectivity index (χ2v) is 6.59. The van der Waals surface area contributed by atoms with Gasteiger partial charge in [0.2, 0.25) is 4.77 Å². The Morgan fingerprint density at radius 3 is 3.00 bits per heavy atom. The van der Waals surface area contributed by atoms with Crippen LogP contribution in [0.15, 0.2) is 17.5 Å². The summed E-state index contributed by atoms with van der Waals surface area (Å²) in [5.41, 5.74) is 0. The van der Waals surface area contributed by atoms with Crippen LogP contribution in [0.4, 0.5) is 0 Å². The second kappa shape index (κ2) is 6.97. The van der Waals surface area contributed by atoms with Gasteiger partial charge < -0.3 is 10.2 Å². The molecule has 0 aliphatic rings. The highest BCUT2D eigenvalue weighted by molar-refractivity contribution is 7.71. The van der Waals surface area contributed by atoms with Crippen LogP contribution in [0, 0.1) is 4.77 Å². The predicted molar refractivity (Wildman–Crippen MR) is 85.8 cm³/mol. The monoisotopic (exact) mass is 326 g/mol. The number of hydrogen-bond donors (Lipinski definition) is 3. The molecule has 1 unspecified atom stereocenters. The number of quaternary nitrogens is 1. The largest absolute Gasteiger partial charge is 0.349 e. The molecule has 0 spiro atoms. The van der Waals surface area contributed by atoms with Gasteiger partial charge in [0, 0.05) is 6.04 Å². The number of nitrogens with one attached hydrogen (secondary N) is 3. The Morgan fingerprint density at radius 1 is 1.62 bits per heavy atom. The van der Waals surface area contributed by atoms with E-state index in [2.05, 4.69) is 15.4 Å². The minimum atomic E-state index is 0.0343. The third-order valence-electron chi connectivity index (χ3n) is 2.77. The van der Waals surface area contributed by atoms with Crippen LogP contribution in [-0.2, 0) is 11.5 Å². The van der Waals surface area contributed by atoms with Gasteiger partial charge in [-0.3, -0.25) is 9.89 Å². The summed E-state index contributed by atoms with van der Waals surface area (Å²) in [4.78, 5) is 18.2. The third-order valence-corrected chi connectivity index (χ3v) is 3.96. The van der Waals surface area contributed by atoms with Crippen molar-refractivity contribution in [2.24, 2.45) is 0 Å². The van der Waals surface area contributed by atoms with Crippen molar-refractivity contribution in [1.29, 1.82) is 0 Å². The van der Waals surface area contributed by atoms with Crippen molar-refractivity contribution in [2.75, 3.05) is 13.6 Å². The highest BCUT2D eigenvalue weighted by Crippen LogP contribution is 2.20. The Bertz CT molecular complexity index is 644. The topological polar surface area (TPSA) is 67.2 Å². The normalized spacial score (nSPS) is 12.6. The van der Waals surface area contributed by atoms with E-state index in [0.29, 0.717) is 18.0 Å². The molecule has 3 N–H and O–H groups in total. The lowest BCUT2D eigenvalue weighted by Gasteiger charge is -2.15. The molecule has 1 amide bonds. The molecule has 2 aromatic rings. The predicted octanol–water partition coefficient (Wildman–Crippen LogP) is 0.666. The van der Waals surface area contributed by atoms with Gasteiger partial charge in [-0.2, -0.15) is 4.98 Å². The molecular formula is C13H20N5OS2+. The fourth-order valence-electron chi connectivity index (χ4n) is 1.96. The van der Waals surface area contributed by atoms with E-state index in [1.807, 2.05) is 38.4 Å². The Hall–Kier alpha value is -1.51. The molecule has 2 rings (SSSR count). The van der Waals surface area contributed by atoms with Gasteiger partial charge >= 0.3 is 0 Å². The average Bonchev–Trinajstić information content (AvgIpc) is 2.98. The van der Waals surface area contributed by atoms with E-state index in [9.17, 15) is 4.79 Å². The number of rotatable bonds is 6. The zero-order valence-electron chi connectivity index (χ0n) is 12.3. The molecule has 0 aliphatic carbocycles. The zero-order chi connectivity index (χ0) is 15.4. The number of aromatic nitrogens is 3. The first-order valence-corrected chi connectivity index (χ1v) is 8.06. The minimum Gasteiger partial charge on any atom is -0.349 e. The summed E-state index contributed by atoms with van der Waals surface area (Å²) in [6.07, 6.45) is 0. The SMILES string of the molecule is CC(C)NC(=O)C[NH+](C)Cn1[nH]c(-c2cccs2)nc1=S. The molecule has 8 heteroatoms. The maximum Gasteiger partial charge on any atom is 0.275 e. The van der Waals surface area contributed by atoms with Gasteiger partial charge in [-0.05, 0) is 37.5 Å². The highest BCUT2D eigenvalue weighted by Gasteiger charge is 2.13. The summed E-state index contributed by atoms with van der Waals surface area (Å²) in [7, 11) is 1.95. The molecule has 1 atom stereocenters. The summed E-state index contributed by atoms with van der Waals surface area (Å²) < 4.78 is 2.30. The summed E-state index contributed by atoms with van der Waals surface area (Å²) >= 11 is 6.87. The summed E-state index contributed by atoms with van der Waals surface area (Å²) in [5, 5.41) is 8.07. The summed E-state index contributed by atoms with van der Waals surface area (Å²) in [5.74, 6) is 0.807. The molecule has 114 valence electrons. The number of amides is 1. The number of carbonyl (C=O) groups is 1. The Morgan fingerprint density at radius 2 is 2.38 bits per heavy atom. The zero-order valence-corrected chi connectivity index (χ0v) is 14.0. The van der Waals surface area contributed by atoms with Gasteiger partial charge in [0.25, 0.3) is 5.91 Å². The number of hydrogen-bond acceptors (Lipinski definition) is 4. The van der Waals surface area contributed by atoms with Gasteiger partial charge in [0.05, 0.1) is 11.9 Å². The molecule has 2 aromatic heterocycles. The highest BCUT2D eigenvalue weighted by atomic mass is 32.1. The first-order chi connectivity index (χ1) is 9.95. The van der Waals surface area contributed by atoms with Crippen molar-refractivity contribution in [1.82, 2.24) is 20.1 Å². The van der Waals surface area contributed by atoms with Crippen LogP contribution in [0.1, 0.15) is 13.8 Å². The first kappa shape index (κ1) is 15.9. The van der Waals surface area contributed by atoms with Crippen LogP contribution in [-0.4, -0.2) is 40.3 Å². The molecule has 0 radical (unpaired) electrons. The van der Waals surface area contributed by atoms with Gasteiger partial charge in [0.1, 0.15) is 0 Å². The van der Waals surface area contributed by atoms with Crippen molar-refractivity contribution >= 4 is 29.5 Å². The smallest absolute Gasteiger partial charge is 0.275 e. The van der Waals surface area contributed by atoms with E-state index in [-0.39, 0.29) is 11.9 Å². The summed E-state index contributed by atoms with van der Waals surface area (Å²) in [6, 6.07) is 4.13. The lowest BCUT2D eigenvalue weighted by molar-refractivity contribution is -0.895. The molecule has 0 aromatic carbocycles. The lowest BCUT2D eigenvalue weighted by atomic mass is 10.4. The maximum absolute atomic E-state index is 11.7. The van der Waals surface area contributed by atoms with Crippen molar-refractivity contribution in [3.05, 3.63) is 22.3 Å². The van der Waals surface area contributed by atoms with Gasteiger partial charge in [0.15, 0.2) is 19.0 Å². The van der Waals surface area contributed by atoms with Gasteiger partial charge in [-0.15, -0.1) is 11.3 Å². The van der Waals surface area contributed by atoms with Gasteiger partial charge in [-0.1, -0.05) is 6.07 Å². The Labute approximate surface area is 132 Å². The summed E-state index contributed by atoms with van der Waals surface area (Å²) in [6.45, 7) is 4.87. The average molecular weight is 326 g/mol. The van der Waals surface area contributed by atoms with Crippen LogP contribution in [0.25, 0.3) is 10.7 Å². The number of thiophene rings is 1. The van der Waals surface area contributed by atoms with Crippen molar-refractivity contribution in [2.45, 2.75) is 26.6 Å².